The number of nitrogens with zero attached hydrogens (tertiary/aromatic N) is 2. The average molecular weight is 559 g/mol. The Hall–Kier alpha value is -3.75. The van der Waals surface area contributed by atoms with Crippen molar-refractivity contribution < 1.29 is 29.0 Å². The molecule has 3 saturated heterocycles. The third kappa shape index (κ3) is 4.41. The molecule has 8 nitrogen and oxygen atoms in total. The number of likely N-dealkylation sites (tertiary alicyclic amines) is 1. The monoisotopic (exact) mass is 558 g/mol. The molecule has 2 unspecified atom stereocenters. The molecule has 2 bridgehead atoms. The molecule has 3 fully saturated rings. The van der Waals surface area contributed by atoms with Gasteiger partial charge in [-0.2, -0.15) is 0 Å². The summed E-state index contributed by atoms with van der Waals surface area (Å²) in [6.07, 6.45) is 4.04. The van der Waals surface area contributed by atoms with Gasteiger partial charge in [0.25, 0.3) is 5.91 Å². The highest BCUT2D eigenvalue weighted by Gasteiger charge is 2.79. The number of amides is 2. The van der Waals surface area contributed by atoms with Gasteiger partial charge >= 0.3 is 5.97 Å². The van der Waals surface area contributed by atoms with E-state index < -0.39 is 53.6 Å². The lowest BCUT2D eigenvalue weighted by Crippen LogP contribution is -2.57. The molecule has 3 aliphatic heterocycles. The van der Waals surface area contributed by atoms with Crippen LogP contribution in [0.3, 0.4) is 0 Å². The number of fused-ring (bicyclic) bond motifs is 1. The molecular weight excluding hydrogens is 520 g/mol. The van der Waals surface area contributed by atoms with Crippen molar-refractivity contribution in [2.45, 2.75) is 56.9 Å². The van der Waals surface area contributed by atoms with Gasteiger partial charge in [0, 0.05) is 12.2 Å². The molecule has 2 aromatic rings. The Balaban J connectivity index is 1.69. The second-order valence-electron chi connectivity index (χ2n) is 11.5. The van der Waals surface area contributed by atoms with Gasteiger partial charge in [-0.3, -0.25) is 14.4 Å². The number of benzene rings is 2. The van der Waals surface area contributed by atoms with E-state index in [1.54, 1.807) is 11.0 Å². The van der Waals surface area contributed by atoms with E-state index in [4.69, 9.17) is 9.47 Å². The van der Waals surface area contributed by atoms with Crippen LogP contribution in [0.2, 0.25) is 0 Å². The van der Waals surface area contributed by atoms with Crippen molar-refractivity contribution in [3.8, 4) is 0 Å². The van der Waals surface area contributed by atoms with E-state index in [0.717, 1.165) is 16.8 Å². The van der Waals surface area contributed by atoms with Crippen molar-refractivity contribution in [1.82, 2.24) is 4.90 Å². The second kappa shape index (κ2) is 10.9. The summed E-state index contributed by atoms with van der Waals surface area (Å²) in [5.74, 6) is -3.11. The molecule has 3 aliphatic rings. The van der Waals surface area contributed by atoms with Gasteiger partial charge in [0.2, 0.25) is 5.91 Å². The van der Waals surface area contributed by atoms with E-state index in [2.05, 4.69) is 13.2 Å². The predicted octanol–water partition coefficient (Wildman–Crippen LogP) is 4.05. The van der Waals surface area contributed by atoms with E-state index in [-0.39, 0.29) is 19.1 Å². The standard InChI is InChI=1S/C33H38N2O6/c1-6-18-34(27-21(3)12-11-13-22(27)4)30(38)28-33-17-16-32(5,41-33)26(31(39)40-19-7-2)25(33)29(37)35(28)24(20-36)23-14-9-8-10-15-23/h6-15,24-26,28,36H,1-2,16-20H2,3-5H3/t24-,25+,26+,28?,32-,33?/m1/s1. The van der Waals surface area contributed by atoms with Crippen LogP contribution >= 0.6 is 0 Å². The van der Waals surface area contributed by atoms with Crippen molar-refractivity contribution in [3.63, 3.8) is 0 Å². The Bertz CT molecular complexity index is 1350. The van der Waals surface area contributed by atoms with E-state index in [0.29, 0.717) is 18.4 Å². The van der Waals surface area contributed by atoms with E-state index in [9.17, 15) is 19.5 Å². The molecule has 3 heterocycles. The molecule has 5 rings (SSSR count). The molecule has 8 heteroatoms. The Morgan fingerprint density at radius 1 is 1.12 bits per heavy atom. The summed E-state index contributed by atoms with van der Waals surface area (Å²) in [7, 11) is 0. The molecule has 41 heavy (non-hydrogen) atoms. The maximum Gasteiger partial charge on any atom is 0.313 e. The summed E-state index contributed by atoms with van der Waals surface area (Å²) in [5, 5.41) is 10.7. The van der Waals surface area contributed by atoms with Crippen LogP contribution in [0.25, 0.3) is 0 Å². The lowest BCUT2D eigenvalue weighted by atomic mass is 9.66. The minimum atomic E-state index is -1.26. The number of aliphatic hydroxyl groups is 1. The minimum Gasteiger partial charge on any atom is -0.461 e. The van der Waals surface area contributed by atoms with Crippen molar-refractivity contribution in [1.29, 1.82) is 0 Å². The normalized spacial score (nSPS) is 28.7. The van der Waals surface area contributed by atoms with Crippen LogP contribution in [0.1, 0.15) is 42.5 Å². The van der Waals surface area contributed by atoms with Gasteiger partial charge in [-0.25, -0.2) is 0 Å². The first-order valence-electron chi connectivity index (χ1n) is 14.1. The maximum atomic E-state index is 14.9. The van der Waals surface area contributed by atoms with Crippen LogP contribution in [0.15, 0.2) is 73.8 Å². The number of carbonyl (C=O) groups excluding carboxylic acids is 3. The zero-order valence-electron chi connectivity index (χ0n) is 23.9. The number of hydrogen-bond donors (Lipinski definition) is 1. The van der Waals surface area contributed by atoms with Crippen LogP contribution in [-0.2, 0) is 23.9 Å². The highest BCUT2D eigenvalue weighted by Crippen LogP contribution is 2.64. The molecular formula is C33H38N2O6. The van der Waals surface area contributed by atoms with Crippen LogP contribution in [-0.4, -0.2) is 64.8 Å². The quantitative estimate of drug-likeness (QED) is 0.349. The number of esters is 1. The van der Waals surface area contributed by atoms with Crippen molar-refractivity contribution in [2.75, 3.05) is 24.7 Å². The lowest BCUT2D eigenvalue weighted by Gasteiger charge is -2.40. The first-order valence-corrected chi connectivity index (χ1v) is 14.1. The van der Waals surface area contributed by atoms with Crippen LogP contribution in [0.4, 0.5) is 5.69 Å². The highest BCUT2D eigenvalue weighted by atomic mass is 16.6. The van der Waals surface area contributed by atoms with E-state index in [1.807, 2.05) is 69.3 Å². The Morgan fingerprint density at radius 3 is 2.41 bits per heavy atom. The molecule has 2 aromatic carbocycles. The number of para-hydroxylation sites is 1. The van der Waals surface area contributed by atoms with Gasteiger partial charge in [0.15, 0.2) is 0 Å². The van der Waals surface area contributed by atoms with Gasteiger partial charge in [-0.15, -0.1) is 6.58 Å². The third-order valence-corrected chi connectivity index (χ3v) is 9.03. The summed E-state index contributed by atoms with van der Waals surface area (Å²) in [6, 6.07) is 13.1. The first-order chi connectivity index (χ1) is 19.6. The molecule has 2 amide bonds. The van der Waals surface area contributed by atoms with Crippen molar-refractivity contribution >= 4 is 23.5 Å². The summed E-state index contributed by atoms with van der Waals surface area (Å²) in [6.45, 7) is 13.0. The van der Waals surface area contributed by atoms with Crippen molar-refractivity contribution in [3.05, 3.63) is 90.5 Å². The molecule has 1 spiro atoms. The second-order valence-corrected chi connectivity index (χ2v) is 11.5. The Labute approximate surface area is 241 Å². The zero-order valence-corrected chi connectivity index (χ0v) is 23.9. The molecule has 0 saturated carbocycles. The molecule has 216 valence electrons. The largest absolute Gasteiger partial charge is 0.461 e. The fourth-order valence-corrected chi connectivity index (χ4v) is 7.40. The number of anilines is 1. The number of aryl methyl sites for hydroxylation is 2. The van der Waals surface area contributed by atoms with E-state index >= 15 is 0 Å². The molecule has 0 aromatic heterocycles. The smallest absolute Gasteiger partial charge is 0.313 e. The summed E-state index contributed by atoms with van der Waals surface area (Å²) in [5.41, 5.74) is 1.01. The maximum absolute atomic E-state index is 14.9. The Kier molecular flexibility index (Phi) is 7.66. The van der Waals surface area contributed by atoms with E-state index in [1.165, 1.54) is 11.0 Å². The summed E-state index contributed by atoms with van der Waals surface area (Å²) in [4.78, 5) is 46.1. The molecule has 0 radical (unpaired) electrons. The van der Waals surface area contributed by atoms with Gasteiger partial charge in [0.05, 0.1) is 24.2 Å². The predicted molar refractivity (Wildman–Crippen MR) is 155 cm³/mol. The van der Waals surface area contributed by atoms with Crippen LogP contribution < -0.4 is 4.90 Å². The fourth-order valence-electron chi connectivity index (χ4n) is 7.40. The Morgan fingerprint density at radius 2 is 1.80 bits per heavy atom. The third-order valence-electron chi connectivity index (χ3n) is 9.03. The summed E-state index contributed by atoms with van der Waals surface area (Å²) < 4.78 is 12.2. The number of aliphatic hydroxyl groups excluding tert-OH is 1. The van der Waals surface area contributed by atoms with Crippen LogP contribution in [0, 0.1) is 25.7 Å². The van der Waals surface area contributed by atoms with Gasteiger partial charge in [-0.1, -0.05) is 67.3 Å². The number of ether oxygens (including phenoxy) is 2. The molecule has 0 aliphatic carbocycles. The van der Waals surface area contributed by atoms with Gasteiger partial charge in [0.1, 0.15) is 24.2 Å². The topological polar surface area (TPSA) is 96.4 Å². The lowest BCUT2D eigenvalue weighted by molar-refractivity contribution is -0.159. The number of rotatable bonds is 10. The average Bonchev–Trinajstić information content (AvgIpc) is 3.53. The fraction of sp³-hybridized carbons (Fsp3) is 0.424. The SMILES string of the molecule is C=CCOC(=O)[C@@H]1[C@H]2C(=O)N([C@H](CO)c3ccccc3)C(C(=O)N(CC=C)c3c(C)cccc3C)C23CC[C@@]1(C)O3. The first kappa shape index (κ1) is 28.8. The summed E-state index contributed by atoms with van der Waals surface area (Å²) >= 11 is 0. The minimum absolute atomic E-state index is 0.00828. The van der Waals surface area contributed by atoms with Crippen LogP contribution in [0.5, 0.6) is 0 Å². The molecule has 6 atom stereocenters. The van der Waals surface area contributed by atoms with Gasteiger partial charge < -0.3 is 24.4 Å². The van der Waals surface area contributed by atoms with Gasteiger partial charge in [-0.05, 0) is 50.3 Å². The highest BCUT2D eigenvalue weighted by molar-refractivity contribution is 6.05. The van der Waals surface area contributed by atoms with Crippen molar-refractivity contribution in [2.24, 2.45) is 11.8 Å². The zero-order chi connectivity index (χ0) is 29.5. The number of hydrogen-bond acceptors (Lipinski definition) is 6. The number of carbonyl (C=O) groups is 3. The molecule has 1 N–H and O–H groups in total.